The Morgan fingerprint density at radius 2 is 0.579 bits per heavy atom. The zero-order valence-corrected chi connectivity index (χ0v) is 21.0. The largest absolute Gasteiger partial charge is 0.0622 e. The van der Waals surface area contributed by atoms with Crippen molar-refractivity contribution in [2.45, 2.75) is 0 Å². The third kappa shape index (κ3) is 3.79. The molecule has 0 unspecified atom stereocenters. The Morgan fingerprint density at radius 1 is 0.211 bits per heavy atom. The molecule has 0 aromatic heterocycles. The van der Waals surface area contributed by atoms with E-state index >= 15 is 0 Å². The van der Waals surface area contributed by atoms with E-state index in [1.165, 1.54) is 66.1 Å². The minimum Gasteiger partial charge on any atom is -0.0622 e. The molecular weight excluding hydrogens is 456 g/mol. The lowest BCUT2D eigenvalue weighted by molar-refractivity contribution is 1.58. The number of fused-ring (bicyclic) bond motifs is 2. The van der Waals surface area contributed by atoms with Crippen LogP contribution in [0.3, 0.4) is 0 Å². The van der Waals surface area contributed by atoms with E-state index in [1.54, 1.807) is 0 Å². The quantitative estimate of drug-likeness (QED) is 0.219. The maximum Gasteiger partial charge on any atom is -0.00201 e. The molecule has 7 aromatic rings. The highest BCUT2D eigenvalue weighted by atomic mass is 14.2. The summed E-state index contributed by atoms with van der Waals surface area (Å²) in [5.41, 5.74) is 10.0. The summed E-state index contributed by atoms with van der Waals surface area (Å²) in [7, 11) is 0. The predicted octanol–water partition coefficient (Wildman–Crippen LogP) is 10.7. The van der Waals surface area contributed by atoms with E-state index in [9.17, 15) is 0 Å². The van der Waals surface area contributed by atoms with Gasteiger partial charge in [0.2, 0.25) is 0 Å². The summed E-state index contributed by atoms with van der Waals surface area (Å²) in [5, 5.41) is 5.11. The van der Waals surface area contributed by atoms with Crippen molar-refractivity contribution in [1.29, 1.82) is 0 Å². The van der Waals surface area contributed by atoms with Gasteiger partial charge in [0.1, 0.15) is 0 Å². The normalized spacial score (nSPS) is 11.2. The molecule has 38 heavy (non-hydrogen) atoms. The second-order valence-electron chi connectivity index (χ2n) is 9.70. The molecule has 0 aliphatic rings. The lowest BCUT2D eigenvalue weighted by Gasteiger charge is -2.19. The molecule has 0 atom stereocenters. The van der Waals surface area contributed by atoms with Crippen LogP contribution in [0.15, 0.2) is 158 Å². The molecule has 0 heteroatoms. The molecule has 7 rings (SSSR count). The summed E-state index contributed by atoms with van der Waals surface area (Å²) in [4.78, 5) is 0. The summed E-state index contributed by atoms with van der Waals surface area (Å²) in [6.07, 6.45) is 0. The predicted molar refractivity (Wildman–Crippen MR) is 163 cm³/mol. The van der Waals surface area contributed by atoms with E-state index in [4.69, 9.17) is 0 Å². The maximum absolute atomic E-state index is 2.28. The van der Waals surface area contributed by atoms with Crippen LogP contribution in [0.4, 0.5) is 0 Å². The van der Waals surface area contributed by atoms with Crippen LogP contribution in [0.2, 0.25) is 0 Å². The van der Waals surface area contributed by atoms with Gasteiger partial charge in [-0.2, -0.15) is 0 Å². The Kier molecular flexibility index (Phi) is 5.57. The summed E-state index contributed by atoms with van der Waals surface area (Å²) >= 11 is 0. The molecule has 0 heterocycles. The summed E-state index contributed by atoms with van der Waals surface area (Å²) in [6.45, 7) is 0. The van der Waals surface area contributed by atoms with Crippen LogP contribution < -0.4 is 0 Å². The first-order chi connectivity index (χ1) is 18.9. The number of hydrogen-bond acceptors (Lipinski definition) is 0. The van der Waals surface area contributed by atoms with Crippen LogP contribution in [0.1, 0.15) is 0 Å². The van der Waals surface area contributed by atoms with Crippen molar-refractivity contribution >= 4 is 21.5 Å². The Bertz CT molecular complexity index is 1820. The fourth-order valence-electron chi connectivity index (χ4n) is 5.76. The van der Waals surface area contributed by atoms with Gasteiger partial charge in [-0.15, -0.1) is 0 Å². The van der Waals surface area contributed by atoms with Gasteiger partial charge in [0.05, 0.1) is 0 Å². The van der Waals surface area contributed by atoms with Gasteiger partial charge in [-0.3, -0.25) is 0 Å². The second-order valence-corrected chi connectivity index (χ2v) is 9.70. The minimum absolute atomic E-state index is 1.22. The van der Waals surface area contributed by atoms with E-state index in [1.807, 2.05) is 0 Å². The molecule has 0 radical (unpaired) electrons. The van der Waals surface area contributed by atoms with E-state index in [0.29, 0.717) is 0 Å². The molecule has 0 aliphatic heterocycles. The SMILES string of the molecule is c1ccc(-c2ccc(-c3ccccc3-c3c4ccccc4c(-c4ccccc4)c4ccccc34)cc2)cc1. The van der Waals surface area contributed by atoms with Crippen molar-refractivity contribution in [3.8, 4) is 44.5 Å². The zero-order valence-electron chi connectivity index (χ0n) is 21.0. The van der Waals surface area contributed by atoms with Crippen molar-refractivity contribution in [2.24, 2.45) is 0 Å². The van der Waals surface area contributed by atoms with Gasteiger partial charge in [0, 0.05) is 0 Å². The molecule has 0 amide bonds. The van der Waals surface area contributed by atoms with Gasteiger partial charge < -0.3 is 0 Å². The minimum atomic E-state index is 1.22. The third-order valence-corrected chi connectivity index (χ3v) is 7.49. The Balaban J connectivity index is 1.49. The molecule has 0 saturated heterocycles. The molecule has 0 fully saturated rings. The molecule has 0 bridgehead atoms. The van der Waals surface area contributed by atoms with E-state index < -0.39 is 0 Å². The molecule has 0 nitrogen and oxygen atoms in total. The van der Waals surface area contributed by atoms with Crippen LogP contribution in [-0.2, 0) is 0 Å². The van der Waals surface area contributed by atoms with Crippen molar-refractivity contribution in [2.75, 3.05) is 0 Å². The van der Waals surface area contributed by atoms with Crippen LogP contribution in [0, 0.1) is 0 Å². The molecule has 0 aliphatic carbocycles. The molecule has 0 spiro atoms. The average molecular weight is 483 g/mol. The fraction of sp³-hybridized carbons (Fsp3) is 0. The van der Waals surface area contributed by atoms with Crippen LogP contribution in [0.5, 0.6) is 0 Å². The molecular formula is C38H26. The first-order valence-corrected chi connectivity index (χ1v) is 13.1. The highest BCUT2D eigenvalue weighted by molar-refractivity contribution is 6.22. The maximum atomic E-state index is 2.28. The van der Waals surface area contributed by atoms with E-state index in [2.05, 4.69) is 158 Å². The van der Waals surface area contributed by atoms with Crippen LogP contribution in [-0.4, -0.2) is 0 Å². The standard InChI is InChI=1S/C38H26/c1-3-13-27(14-4-1)28-23-25-29(26-24-28)31-17-7-8-18-32(31)38-35-21-11-9-19-33(35)37(30-15-5-2-6-16-30)34-20-10-12-22-36(34)38/h1-26H. The van der Waals surface area contributed by atoms with Gasteiger partial charge in [0.25, 0.3) is 0 Å². The molecule has 0 saturated carbocycles. The lowest BCUT2D eigenvalue weighted by atomic mass is 9.84. The number of benzene rings is 7. The van der Waals surface area contributed by atoms with Gasteiger partial charge in [0.15, 0.2) is 0 Å². The first kappa shape index (κ1) is 22.3. The van der Waals surface area contributed by atoms with Gasteiger partial charge in [-0.1, -0.05) is 158 Å². The van der Waals surface area contributed by atoms with Crippen LogP contribution >= 0.6 is 0 Å². The molecule has 178 valence electrons. The summed E-state index contributed by atoms with van der Waals surface area (Å²) < 4.78 is 0. The van der Waals surface area contributed by atoms with Crippen molar-refractivity contribution in [1.82, 2.24) is 0 Å². The van der Waals surface area contributed by atoms with Crippen LogP contribution in [0.25, 0.3) is 66.1 Å². The van der Waals surface area contributed by atoms with Gasteiger partial charge in [-0.05, 0) is 66.1 Å². The highest BCUT2D eigenvalue weighted by Crippen LogP contribution is 2.45. The average Bonchev–Trinajstić information content (AvgIpc) is 3.01. The summed E-state index contributed by atoms with van der Waals surface area (Å²) in [6, 6.07) is 56.9. The van der Waals surface area contributed by atoms with E-state index in [0.717, 1.165) is 0 Å². The highest BCUT2D eigenvalue weighted by Gasteiger charge is 2.18. The number of hydrogen-bond donors (Lipinski definition) is 0. The second kappa shape index (κ2) is 9.50. The Hall–Kier alpha value is -4.94. The fourth-order valence-corrected chi connectivity index (χ4v) is 5.76. The van der Waals surface area contributed by atoms with Crippen molar-refractivity contribution in [3.63, 3.8) is 0 Å². The van der Waals surface area contributed by atoms with Crippen molar-refractivity contribution < 1.29 is 0 Å². The third-order valence-electron chi connectivity index (χ3n) is 7.49. The van der Waals surface area contributed by atoms with Gasteiger partial charge in [-0.25, -0.2) is 0 Å². The lowest BCUT2D eigenvalue weighted by Crippen LogP contribution is -1.92. The monoisotopic (exact) mass is 482 g/mol. The Labute approximate surface area is 223 Å². The first-order valence-electron chi connectivity index (χ1n) is 13.1. The smallest absolute Gasteiger partial charge is 0.00201 e. The zero-order chi connectivity index (χ0) is 25.3. The molecule has 7 aromatic carbocycles. The summed E-state index contributed by atoms with van der Waals surface area (Å²) in [5.74, 6) is 0. The van der Waals surface area contributed by atoms with E-state index in [-0.39, 0.29) is 0 Å². The molecule has 0 N–H and O–H groups in total. The van der Waals surface area contributed by atoms with Crippen molar-refractivity contribution in [3.05, 3.63) is 158 Å². The van der Waals surface area contributed by atoms with Gasteiger partial charge >= 0.3 is 0 Å². The topological polar surface area (TPSA) is 0 Å². The Morgan fingerprint density at radius 3 is 1.13 bits per heavy atom. The number of rotatable bonds is 4.